The van der Waals surface area contributed by atoms with Gasteiger partial charge in [-0.25, -0.2) is 0 Å². The van der Waals surface area contributed by atoms with Crippen LogP contribution >= 0.6 is 32.6 Å². The summed E-state index contributed by atoms with van der Waals surface area (Å²) in [5.41, 5.74) is 5.89. The first-order chi connectivity index (χ1) is 19.1. The second-order valence-electron chi connectivity index (χ2n) is 9.54. The first kappa shape index (κ1) is 29.9. The molecule has 8 nitrogen and oxygen atoms in total. The van der Waals surface area contributed by atoms with Gasteiger partial charge in [0.1, 0.15) is 0 Å². The Bertz CT molecular complexity index is 1280. The smallest absolute Gasteiger partial charge is 0.480 e. The van der Waals surface area contributed by atoms with E-state index in [-0.39, 0.29) is 30.5 Å². The molecule has 1 fully saturated rings. The summed E-state index contributed by atoms with van der Waals surface area (Å²) in [6, 6.07) is 29.5. The quantitative estimate of drug-likeness (QED) is 0.204. The molecule has 1 heterocycles. The van der Waals surface area contributed by atoms with Crippen LogP contribution in [0.5, 0.6) is 0 Å². The van der Waals surface area contributed by atoms with Gasteiger partial charge in [0.05, 0.1) is 0 Å². The van der Waals surface area contributed by atoms with Gasteiger partial charge in [-0.1, -0.05) is 0 Å². The number of amides is 3. The van der Waals surface area contributed by atoms with Gasteiger partial charge in [-0.15, -0.1) is 0 Å². The minimum atomic E-state index is -3.32. The Balaban J connectivity index is 1.59. The average Bonchev–Trinajstić information content (AvgIpc) is 3.26. The number of imide groups is 1. The van der Waals surface area contributed by atoms with Crippen molar-refractivity contribution < 1.29 is 24.3 Å². The van der Waals surface area contributed by atoms with Gasteiger partial charge < -0.3 is 5.11 Å². The third-order valence-electron chi connectivity index (χ3n) is 7.06. The van der Waals surface area contributed by atoms with E-state index in [1.165, 1.54) is 4.90 Å². The number of rotatable bonds is 12. The van der Waals surface area contributed by atoms with E-state index in [2.05, 4.69) is 57.2 Å². The first-order valence-electron chi connectivity index (χ1n) is 12.8. The van der Waals surface area contributed by atoms with Crippen molar-refractivity contribution >= 4 is 72.2 Å². The maximum absolute atomic E-state index is 13.4. The topological polar surface area (TPSA) is 130 Å². The standard InChI is InChI=1S/C29H31BrN3O5PS/c30-39(21-10-4-1-5-11-21,22-12-6-2-7-13-22,23-14-8-3-9-15-23)17-16-33-26(34)18-25(29(33)38)40-20-24(31)28(37)32-19-27(35)36/h1-15,24-25H,16-20,31H2,(H,32,37)(H,35,36). The zero-order valence-electron chi connectivity index (χ0n) is 21.7. The van der Waals surface area contributed by atoms with Crippen LogP contribution in [0.3, 0.4) is 0 Å². The van der Waals surface area contributed by atoms with Crippen molar-refractivity contribution in [1.82, 2.24) is 10.2 Å². The molecule has 2 atom stereocenters. The van der Waals surface area contributed by atoms with E-state index in [9.17, 15) is 19.2 Å². The molecule has 0 aromatic heterocycles. The molecular formula is C29H31BrN3O5PS. The molecular weight excluding hydrogens is 613 g/mol. The van der Waals surface area contributed by atoms with Crippen LogP contribution in [0.15, 0.2) is 91.0 Å². The molecule has 1 aliphatic rings. The van der Waals surface area contributed by atoms with Crippen molar-refractivity contribution in [2.75, 3.05) is 25.0 Å². The van der Waals surface area contributed by atoms with E-state index >= 15 is 0 Å². The minimum Gasteiger partial charge on any atom is -0.480 e. The predicted octanol–water partition coefficient (Wildman–Crippen LogP) is 2.21. The molecule has 0 radical (unpaired) electrons. The van der Waals surface area contributed by atoms with Crippen LogP contribution in [0, 0.1) is 0 Å². The Morgan fingerprint density at radius 2 is 1.43 bits per heavy atom. The molecule has 4 rings (SSSR count). The molecule has 3 aromatic carbocycles. The molecule has 0 spiro atoms. The number of hydrogen-bond donors (Lipinski definition) is 3. The number of halogens is 1. The van der Waals surface area contributed by atoms with Crippen LogP contribution in [0.25, 0.3) is 0 Å². The summed E-state index contributed by atoms with van der Waals surface area (Å²) >= 11 is 5.49. The van der Waals surface area contributed by atoms with Crippen LogP contribution in [0.1, 0.15) is 6.42 Å². The van der Waals surface area contributed by atoms with Gasteiger partial charge in [-0.2, -0.15) is 0 Å². The molecule has 2 unspecified atom stereocenters. The Morgan fingerprint density at radius 3 is 1.88 bits per heavy atom. The number of hydrogen-bond acceptors (Lipinski definition) is 6. The zero-order chi connectivity index (χ0) is 28.8. The zero-order valence-corrected chi connectivity index (χ0v) is 25.0. The summed E-state index contributed by atoms with van der Waals surface area (Å²) in [5.74, 6) is -2.28. The second-order valence-corrected chi connectivity index (χ2v) is 19.8. The van der Waals surface area contributed by atoms with Gasteiger partial charge in [0.15, 0.2) is 0 Å². The molecule has 1 aliphatic heterocycles. The summed E-state index contributed by atoms with van der Waals surface area (Å²) < 4.78 is 0. The number of aliphatic carboxylic acids is 1. The summed E-state index contributed by atoms with van der Waals surface area (Å²) in [4.78, 5) is 50.6. The van der Waals surface area contributed by atoms with Crippen molar-refractivity contribution in [2.45, 2.75) is 17.7 Å². The fourth-order valence-corrected chi connectivity index (χ4v) is 13.3. The molecule has 0 saturated carbocycles. The van der Waals surface area contributed by atoms with Crippen molar-refractivity contribution in [2.24, 2.45) is 5.73 Å². The van der Waals surface area contributed by atoms with Crippen molar-refractivity contribution in [1.29, 1.82) is 0 Å². The van der Waals surface area contributed by atoms with E-state index in [0.717, 1.165) is 27.7 Å². The number of carboxylic acids is 1. The van der Waals surface area contributed by atoms with Gasteiger partial charge in [-0.05, 0) is 0 Å². The Labute approximate surface area is 245 Å². The SMILES string of the molecule is NC(CSC1CC(=O)N(CCP(Br)(c2ccccc2)(c2ccccc2)c2ccccc2)C1=O)C(=O)NCC(=O)O. The number of benzene rings is 3. The van der Waals surface area contributed by atoms with Crippen molar-refractivity contribution in [3.63, 3.8) is 0 Å². The number of carboxylic acid groups (broad SMARTS) is 1. The molecule has 210 valence electrons. The van der Waals surface area contributed by atoms with Gasteiger partial charge in [0, 0.05) is 0 Å². The minimum absolute atomic E-state index is 0.0210. The molecule has 3 aromatic rings. The Kier molecular flexibility index (Phi) is 9.46. The van der Waals surface area contributed by atoms with Crippen LogP contribution < -0.4 is 27.0 Å². The van der Waals surface area contributed by atoms with Crippen molar-refractivity contribution in [3.05, 3.63) is 91.0 Å². The van der Waals surface area contributed by atoms with E-state index in [0.29, 0.717) is 6.16 Å². The molecule has 0 bridgehead atoms. The number of carbonyl (C=O) groups is 4. The van der Waals surface area contributed by atoms with E-state index in [1.54, 1.807) is 0 Å². The van der Waals surface area contributed by atoms with Crippen molar-refractivity contribution in [3.8, 4) is 0 Å². The maximum atomic E-state index is 13.4. The fourth-order valence-electron chi connectivity index (χ4n) is 4.95. The summed E-state index contributed by atoms with van der Waals surface area (Å²) in [7, 11) is 0. The first-order valence-corrected chi connectivity index (χ1v) is 18.2. The monoisotopic (exact) mass is 643 g/mol. The van der Waals surface area contributed by atoms with Crippen LogP contribution in [-0.2, 0) is 19.2 Å². The molecule has 4 N–H and O–H groups in total. The van der Waals surface area contributed by atoms with Crippen LogP contribution in [0.2, 0.25) is 0 Å². The Morgan fingerprint density at radius 1 is 0.950 bits per heavy atom. The predicted molar refractivity (Wildman–Crippen MR) is 165 cm³/mol. The second kappa shape index (κ2) is 12.6. The van der Waals surface area contributed by atoms with Gasteiger partial charge >= 0.3 is 236 Å². The number of carbonyl (C=O) groups excluding carboxylic acids is 3. The third-order valence-corrected chi connectivity index (χ3v) is 18.3. The average molecular weight is 645 g/mol. The summed E-state index contributed by atoms with van der Waals surface area (Å²) in [5, 5.41) is 10.3. The van der Waals surface area contributed by atoms with E-state index in [1.807, 2.05) is 54.6 Å². The number of nitrogens with one attached hydrogen (secondary N) is 1. The summed E-state index contributed by atoms with van der Waals surface area (Å²) in [6.07, 6.45) is 0.517. The van der Waals surface area contributed by atoms with Gasteiger partial charge in [-0.3, -0.25) is 4.79 Å². The number of nitrogens with two attached hydrogens (primary N) is 1. The van der Waals surface area contributed by atoms with Gasteiger partial charge in [0.25, 0.3) is 0 Å². The van der Waals surface area contributed by atoms with Crippen LogP contribution in [0.4, 0.5) is 0 Å². The molecule has 40 heavy (non-hydrogen) atoms. The number of likely N-dealkylation sites (tertiary alicyclic amines) is 1. The number of nitrogens with zero attached hydrogens (tertiary/aromatic N) is 1. The molecule has 3 amide bonds. The van der Waals surface area contributed by atoms with E-state index < -0.39 is 35.0 Å². The third kappa shape index (κ3) is 6.00. The van der Waals surface area contributed by atoms with Gasteiger partial charge in [0.2, 0.25) is 0 Å². The van der Waals surface area contributed by atoms with E-state index in [4.69, 9.17) is 10.8 Å². The van der Waals surface area contributed by atoms with Crippen LogP contribution in [-0.4, -0.2) is 70.0 Å². The Hall–Kier alpha value is -3.04. The molecule has 1 saturated heterocycles. The number of thioether (sulfide) groups is 1. The molecule has 0 aliphatic carbocycles. The molecule has 11 heteroatoms. The summed E-state index contributed by atoms with van der Waals surface area (Å²) in [6.45, 7) is -0.323. The normalized spacial score (nSPS) is 17.2. The fraction of sp³-hybridized carbons (Fsp3) is 0.241.